The van der Waals surface area contributed by atoms with Crippen molar-refractivity contribution in [2.75, 3.05) is 6.61 Å². The lowest BCUT2D eigenvalue weighted by atomic mass is 9.46. The lowest BCUT2D eigenvalue weighted by Crippen LogP contribution is -2.60. The van der Waals surface area contributed by atoms with Gasteiger partial charge in [0.15, 0.2) is 11.6 Å². The third-order valence-corrected chi connectivity index (χ3v) is 8.41. The summed E-state index contributed by atoms with van der Waals surface area (Å²) in [5, 5.41) is 20.5. The zero-order chi connectivity index (χ0) is 18.9. The van der Waals surface area contributed by atoms with Crippen LogP contribution in [0.4, 0.5) is 0 Å². The van der Waals surface area contributed by atoms with E-state index < -0.39 is 23.4 Å². The molecule has 0 unspecified atom stereocenters. The number of carbonyl (C=O) groups excluding carboxylic acids is 3. The van der Waals surface area contributed by atoms with Crippen LogP contribution in [-0.4, -0.2) is 39.8 Å². The van der Waals surface area contributed by atoms with E-state index in [4.69, 9.17) is 0 Å². The molecule has 0 heterocycles. The van der Waals surface area contributed by atoms with E-state index >= 15 is 0 Å². The molecule has 2 N–H and O–H groups in total. The standard InChI is InChI=1S/C21H28O5/c1-19-7-5-13(23)9-12(19)3-4-14-15-6-8-21(26,17(25)11-22)20(15,2)10-16(24)18(14)19/h9,14-15,18,22,26H,3-8,10-11H2,1-2H3/t14-,15-,18+,19-,20+,21-/m0/s1. The number of aliphatic hydroxyl groups excluding tert-OH is 1. The first kappa shape index (κ1) is 18.1. The fourth-order valence-corrected chi connectivity index (χ4v) is 6.98. The van der Waals surface area contributed by atoms with Gasteiger partial charge in [0.1, 0.15) is 18.0 Å². The highest BCUT2D eigenvalue weighted by Crippen LogP contribution is 2.66. The van der Waals surface area contributed by atoms with Crippen LogP contribution in [0.1, 0.15) is 58.8 Å². The normalized spacial score (nSPS) is 47.7. The Kier molecular flexibility index (Phi) is 3.88. The Morgan fingerprint density at radius 2 is 1.92 bits per heavy atom. The highest BCUT2D eigenvalue weighted by atomic mass is 16.3. The second-order valence-electron chi connectivity index (χ2n) is 9.38. The van der Waals surface area contributed by atoms with Crippen LogP contribution in [0.3, 0.4) is 0 Å². The molecule has 0 spiro atoms. The van der Waals surface area contributed by atoms with E-state index in [1.165, 1.54) is 0 Å². The molecule has 5 nitrogen and oxygen atoms in total. The van der Waals surface area contributed by atoms with Crippen LogP contribution in [0.5, 0.6) is 0 Å². The van der Waals surface area contributed by atoms with Crippen molar-refractivity contribution in [1.29, 1.82) is 0 Å². The van der Waals surface area contributed by atoms with Crippen molar-refractivity contribution in [3.63, 3.8) is 0 Å². The second kappa shape index (κ2) is 5.59. The van der Waals surface area contributed by atoms with Crippen LogP contribution in [0.2, 0.25) is 0 Å². The van der Waals surface area contributed by atoms with Gasteiger partial charge in [-0.1, -0.05) is 19.4 Å². The molecule has 5 heteroatoms. The average Bonchev–Trinajstić information content (AvgIpc) is 2.86. The van der Waals surface area contributed by atoms with Gasteiger partial charge in [-0.15, -0.1) is 0 Å². The van der Waals surface area contributed by atoms with Gasteiger partial charge in [0.05, 0.1) is 0 Å². The van der Waals surface area contributed by atoms with Crippen LogP contribution < -0.4 is 0 Å². The molecule has 0 aromatic rings. The first-order valence-corrected chi connectivity index (χ1v) is 9.80. The molecule has 4 rings (SSSR count). The highest BCUT2D eigenvalue weighted by molar-refractivity contribution is 5.94. The largest absolute Gasteiger partial charge is 0.388 e. The molecule has 0 amide bonds. The molecule has 4 aliphatic rings. The maximum atomic E-state index is 13.3. The number of Topliss-reactive ketones (excluding diaryl/α,β-unsaturated/α-hetero) is 2. The lowest BCUT2D eigenvalue weighted by Gasteiger charge is -2.57. The minimum atomic E-state index is -1.60. The molecular weight excluding hydrogens is 332 g/mol. The molecule has 3 saturated carbocycles. The van der Waals surface area contributed by atoms with Gasteiger partial charge in [-0.3, -0.25) is 14.4 Å². The third-order valence-electron chi connectivity index (χ3n) is 8.41. The zero-order valence-electron chi connectivity index (χ0n) is 15.6. The summed E-state index contributed by atoms with van der Waals surface area (Å²) < 4.78 is 0. The third kappa shape index (κ3) is 2.07. The number of ketones is 3. The number of hydrogen-bond acceptors (Lipinski definition) is 5. The molecule has 0 aliphatic heterocycles. The van der Waals surface area contributed by atoms with E-state index in [-0.39, 0.29) is 41.2 Å². The molecule has 0 radical (unpaired) electrons. The Hall–Kier alpha value is -1.33. The Bertz CT molecular complexity index is 724. The molecule has 3 fully saturated rings. The van der Waals surface area contributed by atoms with E-state index in [0.717, 1.165) is 18.4 Å². The molecule has 4 aliphatic carbocycles. The van der Waals surface area contributed by atoms with E-state index in [9.17, 15) is 24.6 Å². The van der Waals surface area contributed by atoms with Crippen molar-refractivity contribution in [2.45, 2.75) is 64.4 Å². The number of carbonyl (C=O) groups is 3. The SMILES string of the molecule is C[C@]12CCC(=O)C=C1CC[C@@H]1[C@@H]2C(=O)C[C@]2(C)[C@H]1CC[C@]2(O)C(=O)CO. The summed E-state index contributed by atoms with van der Waals surface area (Å²) >= 11 is 0. The van der Waals surface area contributed by atoms with Gasteiger partial charge in [0.2, 0.25) is 0 Å². The van der Waals surface area contributed by atoms with Gasteiger partial charge in [-0.05, 0) is 55.4 Å². The molecule has 6 atom stereocenters. The summed E-state index contributed by atoms with van der Waals surface area (Å²) in [7, 11) is 0. The molecule has 142 valence electrons. The predicted octanol–water partition coefficient (Wildman–Crippen LogP) is 1.99. The molecular formula is C21H28O5. The maximum absolute atomic E-state index is 13.3. The summed E-state index contributed by atoms with van der Waals surface area (Å²) in [6.45, 7) is 3.31. The van der Waals surface area contributed by atoms with Crippen molar-refractivity contribution < 1.29 is 24.6 Å². The van der Waals surface area contributed by atoms with Crippen LogP contribution >= 0.6 is 0 Å². The Morgan fingerprint density at radius 3 is 2.62 bits per heavy atom. The topological polar surface area (TPSA) is 91.7 Å². The van der Waals surface area contributed by atoms with Crippen LogP contribution in [0.25, 0.3) is 0 Å². The Labute approximate surface area is 153 Å². The fourth-order valence-electron chi connectivity index (χ4n) is 6.98. The van der Waals surface area contributed by atoms with Crippen LogP contribution in [-0.2, 0) is 14.4 Å². The molecule has 26 heavy (non-hydrogen) atoms. The first-order chi connectivity index (χ1) is 12.2. The minimum Gasteiger partial charge on any atom is -0.388 e. The van der Waals surface area contributed by atoms with Crippen molar-refractivity contribution in [3.05, 3.63) is 11.6 Å². The highest BCUT2D eigenvalue weighted by Gasteiger charge is 2.68. The quantitative estimate of drug-likeness (QED) is 0.786. The predicted molar refractivity (Wildman–Crippen MR) is 94.1 cm³/mol. The Balaban J connectivity index is 1.75. The summed E-state index contributed by atoms with van der Waals surface area (Å²) in [6.07, 6.45) is 5.83. The van der Waals surface area contributed by atoms with Crippen molar-refractivity contribution in [2.24, 2.45) is 28.6 Å². The second-order valence-corrected chi connectivity index (χ2v) is 9.38. The van der Waals surface area contributed by atoms with E-state index in [0.29, 0.717) is 25.7 Å². The van der Waals surface area contributed by atoms with Crippen molar-refractivity contribution in [1.82, 2.24) is 0 Å². The maximum Gasteiger partial charge on any atom is 0.190 e. The number of fused-ring (bicyclic) bond motifs is 5. The summed E-state index contributed by atoms with van der Waals surface area (Å²) in [5.74, 6) is -0.172. The number of aliphatic hydroxyl groups is 2. The lowest BCUT2D eigenvalue weighted by molar-refractivity contribution is -0.170. The molecule has 0 bridgehead atoms. The molecule has 0 saturated heterocycles. The summed E-state index contributed by atoms with van der Waals surface area (Å²) in [4.78, 5) is 37.5. The monoisotopic (exact) mass is 360 g/mol. The zero-order valence-corrected chi connectivity index (χ0v) is 15.6. The number of hydrogen-bond donors (Lipinski definition) is 2. The van der Waals surface area contributed by atoms with Crippen LogP contribution in [0.15, 0.2) is 11.6 Å². The van der Waals surface area contributed by atoms with Gasteiger partial charge < -0.3 is 10.2 Å². The number of allylic oxidation sites excluding steroid dienone is 1. The van der Waals surface area contributed by atoms with Crippen molar-refractivity contribution in [3.8, 4) is 0 Å². The van der Waals surface area contributed by atoms with Gasteiger partial charge >= 0.3 is 0 Å². The van der Waals surface area contributed by atoms with Gasteiger partial charge in [0.25, 0.3) is 0 Å². The van der Waals surface area contributed by atoms with E-state index in [2.05, 4.69) is 6.92 Å². The van der Waals surface area contributed by atoms with Gasteiger partial charge in [0, 0.05) is 24.2 Å². The van der Waals surface area contributed by atoms with Crippen molar-refractivity contribution >= 4 is 17.3 Å². The fraction of sp³-hybridized carbons (Fsp3) is 0.762. The first-order valence-electron chi connectivity index (χ1n) is 9.80. The van der Waals surface area contributed by atoms with Crippen LogP contribution in [0, 0.1) is 28.6 Å². The summed E-state index contributed by atoms with van der Waals surface area (Å²) in [6, 6.07) is 0. The minimum absolute atomic E-state index is 0.0988. The molecule has 0 aromatic carbocycles. The van der Waals surface area contributed by atoms with Gasteiger partial charge in [-0.25, -0.2) is 0 Å². The van der Waals surface area contributed by atoms with Gasteiger partial charge in [-0.2, -0.15) is 0 Å². The number of rotatable bonds is 2. The summed E-state index contributed by atoms with van der Waals surface area (Å²) in [5.41, 5.74) is -1.55. The smallest absolute Gasteiger partial charge is 0.190 e. The molecule has 0 aromatic heterocycles. The average molecular weight is 360 g/mol. The Morgan fingerprint density at radius 1 is 1.19 bits per heavy atom. The van der Waals surface area contributed by atoms with E-state index in [1.807, 2.05) is 6.92 Å². The van der Waals surface area contributed by atoms with E-state index in [1.54, 1.807) is 6.08 Å².